The van der Waals surface area contributed by atoms with E-state index >= 15 is 0 Å². The lowest BCUT2D eigenvalue weighted by molar-refractivity contribution is -0.128. The van der Waals surface area contributed by atoms with Gasteiger partial charge in [-0.1, -0.05) is 12.1 Å². The third-order valence-corrected chi connectivity index (χ3v) is 6.19. The number of nitrogen functional groups attached to an aromatic ring is 1. The van der Waals surface area contributed by atoms with Crippen LogP contribution in [0.1, 0.15) is 17.4 Å². The number of nitrogens with zero attached hydrogens (tertiary/aromatic N) is 3. The fourth-order valence-corrected chi connectivity index (χ4v) is 4.52. The standard InChI is InChI=1S/C24H20F2N4O2S/c25-17-9-18(26)11-20(10-17)30-12-21(23(28-30)16-6-8-33-14-16)24-29(22(31)13-32-24)7-5-15-1-3-19(27)4-2-15/h1-4,6,8-12,14,24H,5,7,13,27H2/t24-/m1/s1. The molecule has 2 aromatic carbocycles. The maximum Gasteiger partial charge on any atom is 0.250 e. The number of hydrogen-bond acceptors (Lipinski definition) is 5. The van der Waals surface area contributed by atoms with Gasteiger partial charge in [0.1, 0.15) is 23.9 Å². The second-order valence-electron chi connectivity index (χ2n) is 7.76. The lowest BCUT2D eigenvalue weighted by Crippen LogP contribution is -2.30. The van der Waals surface area contributed by atoms with E-state index in [1.54, 1.807) is 11.1 Å². The number of hydrogen-bond donors (Lipinski definition) is 1. The Morgan fingerprint density at radius 1 is 1.12 bits per heavy atom. The van der Waals surface area contributed by atoms with Gasteiger partial charge in [-0.2, -0.15) is 16.4 Å². The Balaban J connectivity index is 1.50. The van der Waals surface area contributed by atoms with Crippen molar-refractivity contribution in [2.24, 2.45) is 0 Å². The van der Waals surface area contributed by atoms with E-state index in [0.29, 0.717) is 29.9 Å². The van der Waals surface area contributed by atoms with Crippen LogP contribution in [0.2, 0.25) is 0 Å². The molecule has 2 N–H and O–H groups in total. The summed E-state index contributed by atoms with van der Waals surface area (Å²) in [7, 11) is 0. The molecule has 1 saturated heterocycles. The zero-order valence-corrected chi connectivity index (χ0v) is 18.3. The first-order valence-corrected chi connectivity index (χ1v) is 11.3. The number of rotatable bonds is 6. The van der Waals surface area contributed by atoms with Crippen molar-refractivity contribution in [3.63, 3.8) is 0 Å². The zero-order valence-electron chi connectivity index (χ0n) is 17.4. The molecule has 168 valence electrons. The number of amides is 1. The van der Waals surface area contributed by atoms with E-state index in [4.69, 9.17) is 10.5 Å². The molecule has 9 heteroatoms. The van der Waals surface area contributed by atoms with Gasteiger partial charge < -0.3 is 15.4 Å². The molecule has 1 aliphatic rings. The van der Waals surface area contributed by atoms with Gasteiger partial charge in [-0.05, 0) is 47.7 Å². The summed E-state index contributed by atoms with van der Waals surface area (Å²) in [5.41, 5.74) is 9.82. The molecule has 2 aromatic heterocycles. The number of halogens is 2. The molecule has 0 radical (unpaired) electrons. The highest BCUT2D eigenvalue weighted by molar-refractivity contribution is 7.08. The van der Waals surface area contributed by atoms with Crippen LogP contribution in [0.5, 0.6) is 0 Å². The highest BCUT2D eigenvalue weighted by Crippen LogP contribution is 2.36. The van der Waals surface area contributed by atoms with Crippen molar-refractivity contribution >= 4 is 22.9 Å². The van der Waals surface area contributed by atoms with Crippen LogP contribution in [0.25, 0.3) is 16.9 Å². The number of thiophene rings is 1. The Hall–Kier alpha value is -3.56. The van der Waals surface area contributed by atoms with E-state index in [2.05, 4.69) is 5.10 Å². The second-order valence-corrected chi connectivity index (χ2v) is 8.54. The topological polar surface area (TPSA) is 73.4 Å². The monoisotopic (exact) mass is 466 g/mol. The quantitative estimate of drug-likeness (QED) is 0.423. The molecule has 0 unspecified atom stereocenters. The maximum atomic E-state index is 13.8. The molecule has 1 atom stereocenters. The molecule has 0 bridgehead atoms. The van der Waals surface area contributed by atoms with Crippen molar-refractivity contribution in [1.82, 2.24) is 14.7 Å². The average Bonchev–Trinajstić information content (AvgIpc) is 3.52. The third kappa shape index (κ3) is 4.37. The summed E-state index contributed by atoms with van der Waals surface area (Å²) >= 11 is 1.50. The van der Waals surface area contributed by atoms with Crippen molar-refractivity contribution in [2.75, 3.05) is 18.9 Å². The predicted molar refractivity (Wildman–Crippen MR) is 122 cm³/mol. The summed E-state index contributed by atoms with van der Waals surface area (Å²) in [6, 6.07) is 12.6. The minimum atomic E-state index is -0.698. The van der Waals surface area contributed by atoms with Gasteiger partial charge in [-0.25, -0.2) is 13.5 Å². The molecule has 3 heterocycles. The molecule has 4 aromatic rings. The van der Waals surface area contributed by atoms with Gasteiger partial charge in [0, 0.05) is 41.0 Å². The molecular weight excluding hydrogens is 446 g/mol. The summed E-state index contributed by atoms with van der Waals surface area (Å²) in [6.45, 7) is 0.394. The first-order chi connectivity index (χ1) is 16.0. The van der Waals surface area contributed by atoms with Gasteiger partial charge >= 0.3 is 0 Å². The molecule has 6 nitrogen and oxygen atoms in total. The van der Waals surface area contributed by atoms with Gasteiger partial charge in [0.2, 0.25) is 0 Å². The fraction of sp³-hybridized carbons (Fsp3) is 0.167. The van der Waals surface area contributed by atoms with Crippen molar-refractivity contribution in [2.45, 2.75) is 12.6 Å². The maximum absolute atomic E-state index is 13.8. The molecule has 33 heavy (non-hydrogen) atoms. The lowest BCUT2D eigenvalue weighted by atomic mass is 10.1. The largest absolute Gasteiger partial charge is 0.399 e. The van der Waals surface area contributed by atoms with Crippen LogP contribution in [0.15, 0.2) is 65.5 Å². The Bertz CT molecular complexity index is 1270. The van der Waals surface area contributed by atoms with Crippen LogP contribution in [-0.4, -0.2) is 33.7 Å². The summed E-state index contributed by atoms with van der Waals surface area (Å²) in [5.74, 6) is -1.52. The van der Waals surface area contributed by atoms with E-state index < -0.39 is 17.9 Å². The van der Waals surface area contributed by atoms with Gasteiger partial charge in [0.15, 0.2) is 6.23 Å². The van der Waals surface area contributed by atoms with Crippen LogP contribution in [-0.2, 0) is 16.0 Å². The number of ether oxygens (including phenoxy) is 1. The number of anilines is 1. The predicted octanol–water partition coefficient (Wildman–Crippen LogP) is 4.56. The van der Waals surface area contributed by atoms with E-state index in [1.165, 1.54) is 28.2 Å². The molecule has 1 aliphatic heterocycles. The van der Waals surface area contributed by atoms with E-state index in [0.717, 1.165) is 17.2 Å². The average molecular weight is 467 g/mol. The third-order valence-electron chi connectivity index (χ3n) is 5.50. The van der Waals surface area contributed by atoms with Crippen molar-refractivity contribution < 1.29 is 18.3 Å². The van der Waals surface area contributed by atoms with Gasteiger partial charge in [-0.15, -0.1) is 0 Å². The summed E-state index contributed by atoms with van der Waals surface area (Å²) in [6.07, 6.45) is 1.64. The van der Waals surface area contributed by atoms with Crippen LogP contribution >= 0.6 is 11.3 Å². The van der Waals surface area contributed by atoms with Crippen LogP contribution in [0.3, 0.4) is 0 Å². The fourth-order valence-electron chi connectivity index (χ4n) is 3.88. The highest BCUT2D eigenvalue weighted by atomic mass is 32.1. The molecule has 5 rings (SSSR count). The smallest absolute Gasteiger partial charge is 0.250 e. The van der Waals surface area contributed by atoms with Crippen molar-refractivity contribution in [3.05, 3.63) is 88.2 Å². The Morgan fingerprint density at radius 2 is 1.88 bits per heavy atom. The SMILES string of the molecule is Nc1ccc(CCN2C(=O)CO[C@@H]2c2cn(-c3cc(F)cc(F)c3)nc2-c2ccsc2)cc1. The number of aromatic nitrogens is 2. The molecule has 1 fully saturated rings. The molecule has 0 spiro atoms. The molecule has 0 aliphatic carbocycles. The summed E-state index contributed by atoms with van der Waals surface area (Å²) < 4.78 is 34.9. The van der Waals surface area contributed by atoms with Gasteiger partial charge in [-0.3, -0.25) is 4.79 Å². The van der Waals surface area contributed by atoms with Crippen molar-refractivity contribution in [1.29, 1.82) is 0 Å². The normalized spacial score (nSPS) is 16.0. The van der Waals surface area contributed by atoms with Gasteiger partial charge in [0.25, 0.3) is 5.91 Å². The van der Waals surface area contributed by atoms with Crippen LogP contribution in [0, 0.1) is 11.6 Å². The Kier molecular flexibility index (Phi) is 5.65. The number of carbonyl (C=O) groups is 1. The van der Waals surface area contributed by atoms with Crippen LogP contribution < -0.4 is 5.73 Å². The molecule has 1 amide bonds. The van der Waals surface area contributed by atoms with E-state index in [-0.39, 0.29) is 18.2 Å². The summed E-state index contributed by atoms with van der Waals surface area (Å²) in [5, 5.41) is 8.44. The molecular formula is C24H20F2N4O2S. The summed E-state index contributed by atoms with van der Waals surface area (Å²) in [4.78, 5) is 14.3. The first-order valence-electron chi connectivity index (χ1n) is 10.3. The zero-order chi connectivity index (χ0) is 22.9. The first kappa shape index (κ1) is 21.3. The number of nitrogens with two attached hydrogens (primary N) is 1. The minimum Gasteiger partial charge on any atom is -0.399 e. The van der Waals surface area contributed by atoms with Crippen LogP contribution in [0.4, 0.5) is 14.5 Å². The lowest BCUT2D eigenvalue weighted by Gasteiger charge is -2.23. The number of benzene rings is 2. The van der Waals surface area contributed by atoms with Crippen molar-refractivity contribution in [3.8, 4) is 16.9 Å². The number of carbonyl (C=O) groups excluding carboxylic acids is 1. The second kappa shape index (κ2) is 8.76. The Labute approximate surface area is 192 Å². The Morgan fingerprint density at radius 3 is 2.58 bits per heavy atom. The van der Waals surface area contributed by atoms with E-state index in [1.807, 2.05) is 41.1 Å². The van der Waals surface area contributed by atoms with Gasteiger partial charge in [0.05, 0.1) is 5.69 Å². The minimum absolute atomic E-state index is 0.0464. The highest BCUT2D eigenvalue weighted by Gasteiger charge is 2.36. The van der Waals surface area contributed by atoms with E-state index in [9.17, 15) is 13.6 Å². The molecule has 0 saturated carbocycles.